The number of hydrogen-bond donors (Lipinski definition) is 2. The number of benzene rings is 2. The zero-order chi connectivity index (χ0) is 25.2. The van der Waals surface area contributed by atoms with E-state index in [1.807, 2.05) is 6.92 Å². The number of carbonyl (C=O) groups is 3. The van der Waals surface area contributed by atoms with E-state index in [4.69, 9.17) is 25.5 Å². The first-order valence-corrected chi connectivity index (χ1v) is 10.7. The average molecular weight is 500 g/mol. The Balaban J connectivity index is 1.59. The van der Waals surface area contributed by atoms with Crippen molar-refractivity contribution in [3.05, 3.63) is 76.7 Å². The van der Waals surface area contributed by atoms with Crippen LogP contribution in [-0.2, 0) is 20.9 Å². The van der Waals surface area contributed by atoms with E-state index in [1.165, 1.54) is 19.4 Å². The first-order chi connectivity index (χ1) is 16.9. The van der Waals surface area contributed by atoms with Gasteiger partial charge < -0.3 is 23.9 Å². The van der Waals surface area contributed by atoms with Gasteiger partial charge in [0, 0.05) is 0 Å². The molecule has 0 aliphatic rings. The van der Waals surface area contributed by atoms with Crippen LogP contribution >= 0.6 is 11.6 Å². The third kappa shape index (κ3) is 7.08. The monoisotopic (exact) mass is 499 g/mol. The van der Waals surface area contributed by atoms with Crippen molar-refractivity contribution < 1.29 is 33.0 Å². The molecule has 0 saturated carbocycles. The normalized spacial score (nSPS) is 10.6. The molecule has 0 fully saturated rings. The molecule has 2 amide bonds. The van der Waals surface area contributed by atoms with E-state index in [0.29, 0.717) is 40.1 Å². The molecule has 2 aromatic carbocycles. The van der Waals surface area contributed by atoms with Crippen molar-refractivity contribution in [2.45, 2.75) is 13.5 Å². The van der Waals surface area contributed by atoms with Gasteiger partial charge in [0.2, 0.25) is 5.76 Å². The van der Waals surface area contributed by atoms with Crippen molar-refractivity contribution in [1.29, 1.82) is 0 Å². The summed E-state index contributed by atoms with van der Waals surface area (Å²) in [7, 11) is 1.27. The van der Waals surface area contributed by atoms with Crippen LogP contribution in [-0.4, -0.2) is 37.7 Å². The first kappa shape index (κ1) is 25.3. The second kappa shape index (κ2) is 12.2. The maximum atomic E-state index is 12.0. The Kier molecular flexibility index (Phi) is 8.85. The maximum absolute atomic E-state index is 12.0. The Hall–Kier alpha value is -4.31. The summed E-state index contributed by atoms with van der Waals surface area (Å²) >= 11 is 5.97. The van der Waals surface area contributed by atoms with Gasteiger partial charge in [-0.05, 0) is 55.0 Å². The molecule has 0 aliphatic heterocycles. The topological polar surface area (TPSA) is 128 Å². The van der Waals surface area contributed by atoms with Crippen LogP contribution in [0, 0.1) is 0 Å². The number of methoxy groups -OCH3 is 1. The van der Waals surface area contributed by atoms with Gasteiger partial charge in [0.05, 0.1) is 30.6 Å². The minimum atomic E-state index is -0.962. The van der Waals surface area contributed by atoms with Crippen LogP contribution in [0.5, 0.6) is 11.5 Å². The Morgan fingerprint density at radius 3 is 2.57 bits per heavy atom. The van der Waals surface area contributed by atoms with Crippen LogP contribution in [0.3, 0.4) is 0 Å². The molecule has 0 unspecified atom stereocenters. The lowest BCUT2D eigenvalue weighted by atomic mass is 10.2. The van der Waals surface area contributed by atoms with Gasteiger partial charge in [-0.25, -0.2) is 10.2 Å². The molecule has 35 heavy (non-hydrogen) atoms. The van der Waals surface area contributed by atoms with E-state index in [1.54, 1.807) is 48.5 Å². The number of anilines is 1. The summed E-state index contributed by atoms with van der Waals surface area (Å²) in [5.41, 5.74) is 3.05. The van der Waals surface area contributed by atoms with E-state index in [2.05, 4.69) is 20.6 Å². The number of esters is 1. The molecule has 182 valence electrons. The molecule has 11 heteroatoms. The van der Waals surface area contributed by atoms with E-state index < -0.39 is 17.8 Å². The molecule has 2 N–H and O–H groups in total. The van der Waals surface area contributed by atoms with Gasteiger partial charge in [-0.15, -0.1) is 0 Å². The van der Waals surface area contributed by atoms with E-state index >= 15 is 0 Å². The molecule has 0 saturated heterocycles. The number of halogens is 1. The number of rotatable bonds is 9. The summed E-state index contributed by atoms with van der Waals surface area (Å²) < 4.78 is 21.4. The van der Waals surface area contributed by atoms with E-state index in [-0.39, 0.29) is 12.4 Å². The molecule has 3 rings (SSSR count). The summed E-state index contributed by atoms with van der Waals surface area (Å²) in [5.74, 6) is -1.09. The number of para-hydroxylation sites is 1. The first-order valence-electron chi connectivity index (χ1n) is 10.4. The van der Waals surface area contributed by atoms with Gasteiger partial charge in [0.1, 0.15) is 12.4 Å². The van der Waals surface area contributed by atoms with Gasteiger partial charge in [0.15, 0.2) is 11.5 Å². The van der Waals surface area contributed by atoms with Crippen LogP contribution in [0.1, 0.15) is 28.8 Å². The number of hydrogen-bond acceptors (Lipinski definition) is 8. The number of carbonyl (C=O) groups excluding carboxylic acids is 3. The minimum Gasteiger partial charge on any atom is -0.490 e. The maximum Gasteiger partial charge on any atom is 0.373 e. The van der Waals surface area contributed by atoms with E-state index in [9.17, 15) is 14.4 Å². The fourth-order valence-electron chi connectivity index (χ4n) is 2.77. The van der Waals surface area contributed by atoms with Gasteiger partial charge in [-0.1, -0.05) is 23.7 Å². The minimum absolute atomic E-state index is 0.0567. The fraction of sp³-hybridized carbons (Fsp3) is 0.167. The molecule has 0 spiro atoms. The predicted octanol–water partition coefficient (Wildman–Crippen LogP) is 3.79. The Bertz CT molecular complexity index is 1240. The third-order valence-corrected chi connectivity index (χ3v) is 4.72. The highest BCUT2D eigenvalue weighted by Crippen LogP contribution is 2.29. The predicted molar refractivity (Wildman–Crippen MR) is 128 cm³/mol. The SMILES string of the molecule is CCOc1cc(/C=N/NC(=O)C(=O)Nc2ccccc2Cl)ccc1OCc1ccc(C(=O)OC)o1. The summed E-state index contributed by atoms with van der Waals surface area (Å²) in [6.45, 7) is 2.25. The van der Waals surface area contributed by atoms with Crippen molar-refractivity contribution in [3.8, 4) is 11.5 Å². The van der Waals surface area contributed by atoms with Crippen LogP contribution in [0.4, 0.5) is 5.69 Å². The van der Waals surface area contributed by atoms with E-state index in [0.717, 1.165) is 0 Å². The van der Waals surface area contributed by atoms with Crippen LogP contribution in [0.25, 0.3) is 0 Å². The third-order valence-electron chi connectivity index (χ3n) is 4.39. The number of ether oxygens (including phenoxy) is 3. The molecule has 0 aliphatic carbocycles. The standard InChI is InChI=1S/C24H22ClN3O7/c1-3-33-21-12-15(8-10-19(21)34-14-16-9-11-20(35-16)24(31)32-2)13-26-28-23(30)22(29)27-18-7-5-4-6-17(18)25/h4-13H,3,14H2,1-2H3,(H,27,29)(H,28,30)/b26-13+. The van der Waals surface area contributed by atoms with Gasteiger partial charge in [0.25, 0.3) is 0 Å². The Labute approximate surface area is 205 Å². The highest BCUT2D eigenvalue weighted by atomic mass is 35.5. The molecule has 1 heterocycles. The quantitative estimate of drug-likeness (QED) is 0.198. The molecule has 0 atom stereocenters. The lowest BCUT2D eigenvalue weighted by Gasteiger charge is -2.11. The molecule has 3 aromatic rings. The molecular weight excluding hydrogens is 478 g/mol. The summed E-state index contributed by atoms with van der Waals surface area (Å²) in [5, 5.41) is 6.51. The largest absolute Gasteiger partial charge is 0.490 e. The van der Waals surface area contributed by atoms with Crippen LogP contribution in [0.2, 0.25) is 5.02 Å². The second-order valence-corrected chi connectivity index (χ2v) is 7.23. The van der Waals surface area contributed by atoms with Gasteiger partial charge in [-0.2, -0.15) is 5.10 Å². The summed E-state index contributed by atoms with van der Waals surface area (Å²) in [6, 6.07) is 14.6. The van der Waals surface area contributed by atoms with Crippen LogP contribution in [0.15, 0.2) is 64.1 Å². The van der Waals surface area contributed by atoms with Crippen molar-refractivity contribution in [1.82, 2.24) is 5.43 Å². The van der Waals surface area contributed by atoms with Crippen LogP contribution < -0.4 is 20.2 Å². The van der Waals surface area contributed by atoms with Gasteiger partial charge >= 0.3 is 17.8 Å². The molecular formula is C24H22ClN3O7. The number of nitrogens with zero attached hydrogens (tertiary/aromatic N) is 1. The van der Waals surface area contributed by atoms with Crippen molar-refractivity contribution in [3.63, 3.8) is 0 Å². The fourth-order valence-corrected chi connectivity index (χ4v) is 2.95. The van der Waals surface area contributed by atoms with Crippen molar-refractivity contribution >= 4 is 41.3 Å². The molecule has 10 nitrogen and oxygen atoms in total. The second-order valence-electron chi connectivity index (χ2n) is 6.82. The highest BCUT2D eigenvalue weighted by Gasteiger charge is 2.15. The zero-order valence-electron chi connectivity index (χ0n) is 18.9. The Morgan fingerprint density at radius 1 is 1.03 bits per heavy atom. The highest BCUT2D eigenvalue weighted by molar-refractivity contribution is 6.41. The Morgan fingerprint density at radius 2 is 1.83 bits per heavy atom. The van der Waals surface area contributed by atoms with Crippen molar-refractivity contribution in [2.24, 2.45) is 5.10 Å². The summed E-state index contributed by atoms with van der Waals surface area (Å²) in [6.07, 6.45) is 1.35. The number of nitrogens with one attached hydrogen (secondary N) is 2. The average Bonchev–Trinajstić information content (AvgIpc) is 3.33. The van der Waals surface area contributed by atoms with Gasteiger partial charge in [-0.3, -0.25) is 9.59 Å². The number of furan rings is 1. The molecule has 1 aromatic heterocycles. The molecule has 0 bridgehead atoms. The smallest absolute Gasteiger partial charge is 0.373 e. The molecule has 0 radical (unpaired) electrons. The zero-order valence-corrected chi connectivity index (χ0v) is 19.6. The van der Waals surface area contributed by atoms with Crippen molar-refractivity contribution in [2.75, 3.05) is 19.0 Å². The number of hydrazone groups is 1. The number of amides is 2. The summed E-state index contributed by atoms with van der Waals surface area (Å²) in [4.78, 5) is 35.5. The lowest BCUT2D eigenvalue weighted by molar-refractivity contribution is -0.136. The lowest BCUT2D eigenvalue weighted by Crippen LogP contribution is -2.32.